The summed E-state index contributed by atoms with van der Waals surface area (Å²) in [6, 6.07) is 23.2. The van der Waals surface area contributed by atoms with Gasteiger partial charge in [0.2, 0.25) is 5.91 Å². The summed E-state index contributed by atoms with van der Waals surface area (Å²) < 4.78 is 0.905. The first-order valence-corrected chi connectivity index (χ1v) is 13.7. The van der Waals surface area contributed by atoms with Crippen LogP contribution in [0.4, 0.5) is 10.8 Å². The number of aromatic nitrogens is 1. The van der Waals surface area contributed by atoms with Gasteiger partial charge in [0.25, 0.3) is 11.8 Å². The second kappa shape index (κ2) is 13.0. The van der Waals surface area contributed by atoms with E-state index in [1.54, 1.807) is 54.1 Å². The summed E-state index contributed by atoms with van der Waals surface area (Å²) in [6.07, 6.45) is 3.25. The number of amides is 3. The Morgan fingerprint density at radius 2 is 1.65 bits per heavy atom. The lowest BCUT2D eigenvalue weighted by atomic mass is 10.1. The highest BCUT2D eigenvalue weighted by Crippen LogP contribution is 2.22. The number of benzene rings is 3. The zero-order valence-corrected chi connectivity index (χ0v) is 22.5. The van der Waals surface area contributed by atoms with Gasteiger partial charge in [-0.1, -0.05) is 46.3 Å². The standard InChI is InChI=1S/C27H21BrN4O3S2/c28-20-8-6-18(7-9-20)16-23(31-25(34)19-4-2-1-3-5-19)26(35)30-21-10-12-22(13-11-21)37-17-24(33)32-27-29-14-15-36-27/h1-16H,17H2,(H,30,35)(H,31,34)(H,29,32,33)/b23-16-. The van der Waals surface area contributed by atoms with Crippen LogP contribution in [0.1, 0.15) is 15.9 Å². The molecule has 0 fully saturated rings. The van der Waals surface area contributed by atoms with Crippen LogP contribution in [0.5, 0.6) is 0 Å². The zero-order valence-electron chi connectivity index (χ0n) is 19.3. The average Bonchev–Trinajstić information content (AvgIpc) is 3.42. The van der Waals surface area contributed by atoms with Gasteiger partial charge in [0.15, 0.2) is 5.13 Å². The van der Waals surface area contributed by atoms with Crippen LogP contribution in [0.2, 0.25) is 0 Å². The van der Waals surface area contributed by atoms with Gasteiger partial charge in [-0.3, -0.25) is 14.4 Å². The van der Waals surface area contributed by atoms with Crippen molar-refractivity contribution in [1.29, 1.82) is 0 Å². The molecule has 4 aromatic rings. The summed E-state index contributed by atoms with van der Waals surface area (Å²) in [5.74, 6) is -0.761. The van der Waals surface area contributed by atoms with Gasteiger partial charge in [-0.15, -0.1) is 23.1 Å². The van der Waals surface area contributed by atoms with Gasteiger partial charge < -0.3 is 16.0 Å². The molecule has 0 aliphatic carbocycles. The number of nitrogens with zero attached hydrogens (tertiary/aromatic N) is 1. The minimum atomic E-state index is -0.463. The Labute approximate surface area is 230 Å². The molecule has 4 rings (SSSR count). The van der Waals surface area contributed by atoms with E-state index in [1.807, 2.05) is 42.5 Å². The van der Waals surface area contributed by atoms with Crippen molar-refractivity contribution >= 4 is 73.6 Å². The molecule has 3 amide bonds. The number of rotatable bonds is 9. The molecule has 0 bridgehead atoms. The molecular weight excluding hydrogens is 572 g/mol. The second-order valence-electron chi connectivity index (χ2n) is 7.58. The molecule has 10 heteroatoms. The van der Waals surface area contributed by atoms with Crippen molar-refractivity contribution in [2.24, 2.45) is 0 Å². The quantitative estimate of drug-likeness (QED) is 0.162. The Hall–Kier alpha value is -3.73. The molecule has 0 aliphatic heterocycles. The molecule has 1 heterocycles. The number of hydrogen-bond acceptors (Lipinski definition) is 6. The molecule has 0 saturated carbocycles. The van der Waals surface area contributed by atoms with Crippen LogP contribution in [-0.4, -0.2) is 28.5 Å². The first kappa shape index (κ1) is 26.3. The molecule has 0 saturated heterocycles. The van der Waals surface area contributed by atoms with Crippen molar-refractivity contribution in [2.45, 2.75) is 4.90 Å². The van der Waals surface area contributed by atoms with Gasteiger partial charge in [-0.25, -0.2) is 4.98 Å². The number of hydrogen-bond donors (Lipinski definition) is 3. The van der Waals surface area contributed by atoms with Crippen LogP contribution in [-0.2, 0) is 9.59 Å². The zero-order chi connectivity index (χ0) is 26.0. The molecule has 0 spiro atoms. The lowest BCUT2D eigenvalue weighted by Gasteiger charge is -2.12. The summed E-state index contributed by atoms with van der Waals surface area (Å²) in [4.78, 5) is 42.9. The number of halogens is 1. The maximum Gasteiger partial charge on any atom is 0.272 e. The van der Waals surface area contributed by atoms with E-state index in [4.69, 9.17) is 0 Å². The summed E-state index contributed by atoms with van der Waals surface area (Å²) in [7, 11) is 0. The summed E-state index contributed by atoms with van der Waals surface area (Å²) in [5.41, 5.74) is 1.85. The number of thiazole rings is 1. The summed E-state index contributed by atoms with van der Waals surface area (Å²) >= 11 is 6.13. The van der Waals surface area contributed by atoms with Crippen LogP contribution in [0.3, 0.4) is 0 Å². The van der Waals surface area contributed by atoms with E-state index in [0.717, 1.165) is 14.9 Å². The van der Waals surface area contributed by atoms with E-state index in [-0.39, 0.29) is 23.3 Å². The van der Waals surface area contributed by atoms with E-state index >= 15 is 0 Å². The summed E-state index contributed by atoms with van der Waals surface area (Å²) in [5, 5.41) is 10.6. The predicted octanol–water partition coefficient (Wildman–Crippen LogP) is 6.05. The Balaban J connectivity index is 1.41. The van der Waals surface area contributed by atoms with Crippen molar-refractivity contribution < 1.29 is 14.4 Å². The van der Waals surface area contributed by atoms with Crippen molar-refractivity contribution in [3.05, 3.63) is 112 Å². The molecular formula is C27H21BrN4O3S2. The van der Waals surface area contributed by atoms with Gasteiger partial charge >= 0.3 is 0 Å². The lowest BCUT2D eigenvalue weighted by Crippen LogP contribution is -2.30. The van der Waals surface area contributed by atoms with Crippen LogP contribution in [0.15, 0.2) is 106 Å². The maximum absolute atomic E-state index is 13.1. The first-order valence-electron chi connectivity index (χ1n) is 11.0. The number of thioether (sulfide) groups is 1. The van der Waals surface area contributed by atoms with Gasteiger partial charge in [-0.05, 0) is 60.2 Å². The largest absolute Gasteiger partial charge is 0.321 e. The van der Waals surface area contributed by atoms with E-state index < -0.39 is 5.91 Å². The number of nitrogens with one attached hydrogen (secondary N) is 3. The van der Waals surface area contributed by atoms with Gasteiger partial charge in [0.05, 0.1) is 5.75 Å². The minimum absolute atomic E-state index is 0.105. The van der Waals surface area contributed by atoms with Crippen LogP contribution < -0.4 is 16.0 Å². The highest BCUT2D eigenvalue weighted by Gasteiger charge is 2.15. The third-order valence-electron chi connectivity index (χ3n) is 4.87. The predicted molar refractivity (Wildman–Crippen MR) is 153 cm³/mol. The van der Waals surface area contributed by atoms with Gasteiger partial charge in [-0.2, -0.15) is 0 Å². The molecule has 0 atom stereocenters. The third-order valence-corrected chi connectivity index (χ3v) is 7.10. The van der Waals surface area contributed by atoms with Crippen molar-refractivity contribution in [3.63, 3.8) is 0 Å². The molecule has 3 N–H and O–H groups in total. The SMILES string of the molecule is O=C(CSc1ccc(NC(=O)/C(=C/c2ccc(Br)cc2)NC(=O)c2ccccc2)cc1)Nc1nccs1. The monoisotopic (exact) mass is 592 g/mol. The molecule has 0 radical (unpaired) electrons. The Morgan fingerprint density at radius 1 is 0.919 bits per heavy atom. The lowest BCUT2D eigenvalue weighted by molar-refractivity contribution is -0.114. The third kappa shape index (κ3) is 8.14. The highest BCUT2D eigenvalue weighted by molar-refractivity contribution is 9.10. The smallest absolute Gasteiger partial charge is 0.272 e. The first-order chi connectivity index (χ1) is 18.0. The van der Waals surface area contributed by atoms with E-state index in [2.05, 4.69) is 36.9 Å². The van der Waals surface area contributed by atoms with Crippen LogP contribution in [0.25, 0.3) is 6.08 Å². The van der Waals surface area contributed by atoms with Crippen molar-refractivity contribution in [3.8, 4) is 0 Å². The molecule has 0 aliphatic rings. The molecule has 0 unspecified atom stereocenters. The fourth-order valence-corrected chi connectivity index (χ4v) is 4.60. The normalized spacial score (nSPS) is 11.0. The average molecular weight is 594 g/mol. The Kier molecular flexibility index (Phi) is 9.25. The van der Waals surface area contributed by atoms with E-state index in [1.165, 1.54) is 23.1 Å². The fraction of sp³-hybridized carbons (Fsp3) is 0.0370. The van der Waals surface area contributed by atoms with E-state index in [0.29, 0.717) is 16.4 Å². The second-order valence-corrected chi connectivity index (χ2v) is 10.4. The molecule has 37 heavy (non-hydrogen) atoms. The van der Waals surface area contributed by atoms with E-state index in [9.17, 15) is 14.4 Å². The Bertz CT molecular complexity index is 1390. The number of carbonyl (C=O) groups is 3. The topological polar surface area (TPSA) is 100 Å². The highest BCUT2D eigenvalue weighted by atomic mass is 79.9. The Morgan fingerprint density at radius 3 is 2.32 bits per heavy atom. The van der Waals surface area contributed by atoms with Crippen LogP contribution in [0, 0.1) is 0 Å². The molecule has 3 aromatic carbocycles. The van der Waals surface area contributed by atoms with Gasteiger partial charge in [0, 0.05) is 32.2 Å². The minimum Gasteiger partial charge on any atom is -0.321 e. The van der Waals surface area contributed by atoms with Gasteiger partial charge in [0.1, 0.15) is 5.70 Å². The molecule has 1 aromatic heterocycles. The number of carbonyl (C=O) groups excluding carboxylic acids is 3. The molecule has 7 nitrogen and oxygen atoms in total. The molecule has 186 valence electrons. The van der Waals surface area contributed by atoms with Crippen molar-refractivity contribution in [1.82, 2.24) is 10.3 Å². The summed E-state index contributed by atoms with van der Waals surface area (Å²) in [6.45, 7) is 0. The van der Waals surface area contributed by atoms with Crippen LogP contribution >= 0.6 is 39.0 Å². The number of anilines is 2. The van der Waals surface area contributed by atoms with Crippen molar-refractivity contribution in [2.75, 3.05) is 16.4 Å². The maximum atomic E-state index is 13.1. The fourth-order valence-electron chi connectivity index (χ4n) is 3.09.